The molecule has 1 amide bonds. The summed E-state index contributed by atoms with van der Waals surface area (Å²) in [5, 5.41) is 2.81. The van der Waals surface area contributed by atoms with Gasteiger partial charge in [-0.2, -0.15) is 0 Å². The highest BCUT2D eigenvalue weighted by Crippen LogP contribution is 1.89. The number of rotatable bonds is 6. The summed E-state index contributed by atoms with van der Waals surface area (Å²) in [5.41, 5.74) is 5.77. The van der Waals surface area contributed by atoms with Crippen LogP contribution < -0.4 is 11.1 Å². The minimum atomic E-state index is 0.0195. The molecule has 0 atom stereocenters. The van der Waals surface area contributed by atoms with E-state index in [9.17, 15) is 4.79 Å². The van der Waals surface area contributed by atoms with E-state index >= 15 is 0 Å². The largest absolute Gasteiger partial charge is 0.370 e. The lowest BCUT2D eigenvalue weighted by atomic mass is 10.3. The Kier molecular flexibility index (Phi) is 7.33. The minimum Gasteiger partial charge on any atom is -0.370 e. The van der Waals surface area contributed by atoms with E-state index in [0.717, 1.165) is 13.1 Å². The van der Waals surface area contributed by atoms with Gasteiger partial charge in [-0.15, -0.1) is 0 Å². The average molecular weight is 228 g/mol. The fourth-order valence-corrected chi connectivity index (χ4v) is 1.31. The van der Waals surface area contributed by atoms with Crippen LogP contribution in [0.3, 0.4) is 0 Å². The first-order valence-electron chi connectivity index (χ1n) is 5.85. The molecule has 0 fully saturated rings. The van der Waals surface area contributed by atoms with Crippen molar-refractivity contribution in [3.05, 3.63) is 0 Å². The van der Waals surface area contributed by atoms with E-state index in [2.05, 4.69) is 10.3 Å². The Morgan fingerprint density at radius 2 is 1.94 bits per heavy atom. The number of amides is 1. The lowest BCUT2D eigenvalue weighted by molar-refractivity contribution is -0.121. The smallest absolute Gasteiger partial charge is 0.222 e. The number of nitrogens with zero attached hydrogens (tertiary/aromatic N) is 2. The van der Waals surface area contributed by atoms with Crippen LogP contribution in [0, 0.1) is 0 Å². The van der Waals surface area contributed by atoms with Crippen molar-refractivity contribution in [2.24, 2.45) is 10.7 Å². The molecular weight excluding hydrogens is 204 g/mol. The maximum absolute atomic E-state index is 11.3. The van der Waals surface area contributed by atoms with Gasteiger partial charge in [-0.3, -0.25) is 9.79 Å². The molecule has 0 saturated heterocycles. The van der Waals surface area contributed by atoms with Gasteiger partial charge in [0.15, 0.2) is 5.96 Å². The molecule has 0 rings (SSSR count). The number of aliphatic imine (C=N–C) groups is 1. The molecule has 0 saturated carbocycles. The minimum absolute atomic E-state index is 0.0195. The highest BCUT2D eigenvalue weighted by molar-refractivity contribution is 5.79. The molecule has 5 nitrogen and oxygen atoms in total. The Bertz CT molecular complexity index is 234. The van der Waals surface area contributed by atoms with Crippen LogP contribution in [0.15, 0.2) is 4.99 Å². The van der Waals surface area contributed by atoms with E-state index in [-0.39, 0.29) is 11.9 Å². The van der Waals surface area contributed by atoms with Gasteiger partial charge in [0, 0.05) is 25.6 Å². The van der Waals surface area contributed by atoms with Crippen molar-refractivity contribution in [3.8, 4) is 0 Å². The van der Waals surface area contributed by atoms with Gasteiger partial charge in [0.25, 0.3) is 0 Å². The Labute approximate surface area is 98.1 Å². The molecule has 16 heavy (non-hydrogen) atoms. The Balaban J connectivity index is 3.94. The third-order valence-electron chi connectivity index (χ3n) is 2.15. The highest BCUT2D eigenvalue weighted by Gasteiger charge is 2.04. The second kappa shape index (κ2) is 7.96. The van der Waals surface area contributed by atoms with Crippen LogP contribution in [0.2, 0.25) is 0 Å². The molecule has 0 aliphatic heterocycles. The summed E-state index contributed by atoms with van der Waals surface area (Å²) >= 11 is 0. The summed E-state index contributed by atoms with van der Waals surface area (Å²) in [6, 6.07) is 0.177. The third kappa shape index (κ3) is 6.27. The number of carbonyl (C=O) groups excluding carboxylic acids is 1. The van der Waals surface area contributed by atoms with Gasteiger partial charge in [0.2, 0.25) is 5.91 Å². The summed E-state index contributed by atoms with van der Waals surface area (Å²) in [7, 11) is 0. The summed E-state index contributed by atoms with van der Waals surface area (Å²) in [4.78, 5) is 17.4. The molecule has 0 aromatic carbocycles. The van der Waals surface area contributed by atoms with Gasteiger partial charge in [0.1, 0.15) is 0 Å². The molecule has 3 N–H and O–H groups in total. The van der Waals surface area contributed by atoms with Gasteiger partial charge >= 0.3 is 0 Å². The molecule has 0 heterocycles. The number of hydrogen-bond acceptors (Lipinski definition) is 2. The Morgan fingerprint density at radius 1 is 1.38 bits per heavy atom. The van der Waals surface area contributed by atoms with Gasteiger partial charge in [0.05, 0.1) is 6.54 Å². The zero-order valence-electron chi connectivity index (χ0n) is 10.8. The summed E-state index contributed by atoms with van der Waals surface area (Å²) in [5.74, 6) is 0.536. The molecule has 0 radical (unpaired) electrons. The van der Waals surface area contributed by atoms with Crippen LogP contribution in [0.25, 0.3) is 0 Å². The van der Waals surface area contributed by atoms with Crippen molar-refractivity contribution in [3.63, 3.8) is 0 Å². The molecule has 5 heteroatoms. The van der Waals surface area contributed by atoms with Crippen LogP contribution in [-0.2, 0) is 4.79 Å². The number of guanidine groups is 1. The van der Waals surface area contributed by atoms with Crippen LogP contribution in [0.1, 0.15) is 34.1 Å². The number of nitrogens with two attached hydrogens (primary N) is 1. The first-order chi connectivity index (χ1) is 7.51. The maximum atomic E-state index is 11.3. The quantitative estimate of drug-likeness (QED) is 0.515. The fourth-order valence-electron chi connectivity index (χ4n) is 1.31. The summed E-state index contributed by atoms with van der Waals surface area (Å²) in [6.45, 7) is 10.0. The molecule has 0 unspecified atom stereocenters. The van der Waals surface area contributed by atoms with Crippen LogP contribution in [-0.4, -0.2) is 42.4 Å². The SMILES string of the molecule is CCN(CC)C(N)=NCCC(=O)NC(C)C. The Hall–Kier alpha value is -1.26. The van der Waals surface area contributed by atoms with E-state index in [0.29, 0.717) is 18.9 Å². The second-order valence-electron chi connectivity index (χ2n) is 3.88. The predicted molar refractivity (Wildman–Crippen MR) is 67.3 cm³/mol. The van der Waals surface area contributed by atoms with Crippen LogP contribution >= 0.6 is 0 Å². The molecule has 0 bridgehead atoms. The highest BCUT2D eigenvalue weighted by atomic mass is 16.1. The molecule has 0 aromatic heterocycles. The topological polar surface area (TPSA) is 70.7 Å². The van der Waals surface area contributed by atoms with Crippen molar-refractivity contribution < 1.29 is 4.79 Å². The second-order valence-corrected chi connectivity index (χ2v) is 3.88. The summed E-state index contributed by atoms with van der Waals surface area (Å²) in [6.07, 6.45) is 0.389. The average Bonchev–Trinajstić information content (AvgIpc) is 2.18. The normalized spacial score (nSPS) is 11.7. The van der Waals surface area contributed by atoms with Crippen molar-refractivity contribution >= 4 is 11.9 Å². The third-order valence-corrected chi connectivity index (χ3v) is 2.15. The van der Waals surface area contributed by atoms with E-state index < -0.39 is 0 Å². The fraction of sp³-hybridized carbons (Fsp3) is 0.818. The van der Waals surface area contributed by atoms with Gasteiger partial charge < -0.3 is 16.0 Å². The van der Waals surface area contributed by atoms with E-state index in [4.69, 9.17) is 5.73 Å². The van der Waals surface area contributed by atoms with Gasteiger partial charge in [-0.05, 0) is 27.7 Å². The van der Waals surface area contributed by atoms with Crippen molar-refractivity contribution in [2.45, 2.75) is 40.2 Å². The number of hydrogen-bond donors (Lipinski definition) is 2. The van der Waals surface area contributed by atoms with E-state index in [1.807, 2.05) is 32.6 Å². The molecule has 0 aliphatic carbocycles. The lowest BCUT2D eigenvalue weighted by Crippen LogP contribution is -2.37. The van der Waals surface area contributed by atoms with Crippen LogP contribution in [0.5, 0.6) is 0 Å². The van der Waals surface area contributed by atoms with Gasteiger partial charge in [-0.25, -0.2) is 0 Å². The van der Waals surface area contributed by atoms with Crippen LogP contribution in [0.4, 0.5) is 0 Å². The van der Waals surface area contributed by atoms with Crippen molar-refractivity contribution in [1.29, 1.82) is 0 Å². The maximum Gasteiger partial charge on any atom is 0.222 e. The lowest BCUT2D eigenvalue weighted by Gasteiger charge is -2.19. The summed E-state index contributed by atoms with van der Waals surface area (Å²) < 4.78 is 0. The zero-order chi connectivity index (χ0) is 12.6. The van der Waals surface area contributed by atoms with Crippen molar-refractivity contribution in [2.75, 3.05) is 19.6 Å². The zero-order valence-corrected chi connectivity index (χ0v) is 10.8. The molecule has 94 valence electrons. The van der Waals surface area contributed by atoms with Gasteiger partial charge in [-0.1, -0.05) is 0 Å². The predicted octanol–water partition coefficient (Wildman–Crippen LogP) is 0.558. The molecular formula is C11H24N4O. The van der Waals surface area contributed by atoms with E-state index in [1.54, 1.807) is 0 Å². The first-order valence-corrected chi connectivity index (χ1v) is 5.85. The number of carbonyl (C=O) groups is 1. The number of nitrogens with one attached hydrogen (secondary N) is 1. The molecule has 0 aromatic rings. The molecule has 0 spiro atoms. The first kappa shape index (κ1) is 14.7. The Morgan fingerprint density at radius 3 is 2.38 bits per heavy atom. The monoisotopic (exact) mass is 228 g/mol. The van der Waals surface area contributed by atoms with Crippen molar-refractivity contribution in [1.82, 2.24) is 10.2 Å². The van der Waals surface area contributed by atoms with E-state index in [1.165, 1.54) is 0 Å². The standard InChI is InChI=1S/C11H24N4O/c1-5-15(6-2)11(12)13-8-7-10(16)14-9(3)4/h9H,5-8H2,1-4H3,(H2,12,13)(H,14,16). The molecule has 0 aliphatic rings.